The minimum atomic E-state index is 0.284. The molecule has 1 aromatic carbocycles. The molecule has 0 bridgehead atoms. The molecule has 0 spiro atoms. The monoisotopic (exact) mass is 290 g/mol. The lowest BCUT2D eigenvalue weighted by Gasteiger charge is -2.26. The second kappa shape index (κ2) is 5.42. The van der Waals surface area contributed by atoms with E-state index in [-0.39, 0.29) is 6.79 Å². The number of hydrogen-bond donors (Lipinski definition) is 2. The minimum Gasteiger partial charge on any atom is -0.454 e. The van der Waals surface area contributed by atoms with Gasteiger partial charge >= 0.3 is 0 Å². The van der Waals surface area contributed by atoms with Crippen molar-refractivity contribution in [2.24, 2.45) is 0 Å². The van der Waals surface area contributed by atoms with Crippen LogP contribution < -0.4 is 14.8 Å². The number of rotatable bonds is 4. The van der Waals surface area contributed by atoms with Gasteiger partial charge in [-0.05, 0) is 0 Å². The second-order valence-corrected chi connectivity index (χ2v) is 5.19. The summed E-state index contributed by atoms with van der Waals surface area (Å²) in [5.41, 5.74) is 1.83. The van der Waals surface area contributed by atoms with Crippen LogP contribution in [0.15, 0.2) is 12.1 Å². The Morgan fingerprint density at radius 1 is 1.19 bits per heavy atom. The molecule has 0 unspecified atom stereocenters. The highest BCUT2D eigenvalue weighted by Crippen LogP contribution is 2.35. The van der Waals surface area contributed by atoms with E-state index < -0.39 is 0 Å². The van der Waals surface area contributed by atoms with Gasteiger partial charge in [0.1, 0.15) is 0 Å². The molecule has 0 amide bonds. The molecule has 1 fully saturated rings. The molecule has 2 aliphatic heterocycles. The van der Waals surface area contributed by atoms with Crippen molar-refractivity contribution in [3.63, 3.8) is 0 Å². The molecule has 0 aliphatic carbocycles. The van der Waals surface area contributed by atoms with Crippen molar-refractivity contribution in [3.8, 4) is 11.5 Å². The Labute approximate surface area is 122 Å². The Morgan fingerprint density at radius 3 is 2.86 bits per heavy atom. The lowest BCUT2D eigenvalue weighted by molar-refractivity contribution is 0.0398. The second-order valence-electron chi connectivity index (χ2n) is 5.19. The third kappa shape index (κ3) is 2.62. The number of nitrogens with zero attached hydrogens (tertiary/aromatic N) is 2. The average molecular weight is 290 g/mol. The summed E-state index contributed by atoms with van der Waals surface area (Å²) in [4.78, 5) is 10.2. The molecule has 4 rings (SSSR count). The van der Waals surface area contributed by atoms with Gasteiger partial charge in [0.2, 0.25) is 12.7 Å². The highest BCUT2D eigenvalue weighted by molar-refractivity contribution is 5.81. The van der Waals surface area contributed by atoms with Crippen molar-refractivity contribution in [2.45, 2.75) is 0 Å². The number of benzene rings is 1. The number of aromatic amines is 1. The first kappa shape index (κ1) is 12.7. The quantitative estimate of drug-likeness (QED) is 0.876. The Bertz CT molecular complexity index is 595. The SMILES string of the molecule is c1c2c(cc3[nH]c(NCCN4CCOCC4)nc13)OCO2. The molecule has 2 aliphatic rings. The van der Waals surface area contributed by atoms with Crippen LogP contribution in [0.3, 0.4) is 0 Å². The normalized spacial score (nSPS) is 18.3. The van der Waals surface area contributed by atoms with Crippen molar-refractivity contribution in [3.05, 3.63) is 12.1 Å². The molecular formula is C14H18N4O3. The minimum absolute atomic E-state index is 0.284. The molecule has 2 N–H and O–H groups in total. The molecule has 21 heavy (non-hydrogen) atoms. The van der Waals surface area contributed by atoms with Crippen LogP contribution >= 0.6 is 0 Å². The van der Waals surface area contributed by atoms with Gasteiger partial charge in [0, 0.05) is 38.3 Å². The smallest absolute Gasteiger partial charge is 0.231 e. The summed E-state index contributed by atoms with van der Waals surface area (Å²) >= 11 is 0. The van der Waals surface area contributed by atoms with E-state index in [9.17, 15) is 0 Å². The van der Waals surface area contributed by atoms with Gasteiger partial charge in [-0.1, -0.05) is 0 Å². The van der Waals surface area contributed by atoms with E-state index in [0.29, 0.717) is 0 Å². The summed E-state index contributed by atoms with van der Waals surface area (Å²) in [5.74, 6) is 2.31. The summed E-state index contributed by atoms with van der Waals surface area (Å²) in [5, 5.41) is 3.33. The van der Waals surface area contributed by atoms with Crippen LogP contribution in [0.4, 0.5) is 5.95 Å². The number of nitrogens with one attached hydrogen (secondary N) is 2. The van der Waals surface area contributed by atoms with E-state index >= 15 is 0 Å². The first-order chi connectivity index (χ1) is 10.4. The molecule has 3 heterocycles. The van der Waals surface area contributed by atoms with Gasteiger partial charge < -0.3 is 24.5 Å². The Hall–Kier alpha value is -1.99. The van der Waals surface area contributed by atoms with E-state index in [1.165, 1.54) is 0 Å². The number of ether oxygens (including phenoxy) is 3. The van der Waals surface area contributed by atoms with Gasteiger partial charge in [-0.15, -0.1) is 0 Å². The van der Waals surface area contributed by atoms with Crippen LogP contribution in [0.1, 0.15) is 0 Å². The van der Waals surface area contributed by atoms with Crippen LogP contribution in [-0.4, -0.2) is 61.1 Å². The van der Waals surface area contributed by atoms with Crippen LogP contribution in [0.25, 0.3) is 11.0 Å². The first-order valence-corrected chi connectivity index (χ1v) is 7.22. The molecule has 0 saturated carbocycles. The topological polar surface area (TPSA) is 71.6 Å². The zero-order chi connectivity index (χ0) is 14.1. The Balaban J connectivity index is 1.40. The van der Waals surface area contributed by atoms with Crippen molar-refractivity contribution in [1.29, 1.82) is 0 Å². The predicted molar refractivity (Wildman–Crippen MR) is 78.0 cm³/mol. The molecular weight excluding hydrogens is 272 g/mol. The Kier molecular flexibility index (Phi) is 3.28. The fraction of sp³-hybridized carbons (Fsp3) is 0.500. The number of anilines is 1. The molecule has 0 radical (unpaired) electrons. The highest BCUT2D eigenvalue weighted by Gasteiger charge is 2.16. The Morgan fingerprint density at radius 2 is 2.00 bits per heavy atom. The molecule has 2 aromatic rings. The maximum absolute atomic E-state index is 5.37. The molecule has 7 heteroatoms. The van der Waals surface area contributed by atoms with Crippen LogP contribution in [-0.2, 0) is 4.74 Å². The zero-order valence-electron chi connectivity index (χ0n) is 11.7. The maximum atomic E-state index is 5.37. The average Bonchev–Trinajstić information content (AvgIpc) is 3.11. The maximum Gasteiger partial charge on any atom is 0.231 e. The molecule has 1 saturated heterocycles. The van der Waals surface area contributed by atoms with E-state index in [4.69, 9.17) is 14.2 Å². The van der Waals surface area contributed by atoms with Gasteiger partial charge in [-0.3, -0.25) is 4.90 Å². The third-order valence-electron chi connectivity index (χ3n) is 3.80. The summed E-state index contributed by atoms with van der Waals surface area (Å²) in [7, 11) is 0. The fourth-order valence-electron chi connectivity index (χ4n) is 2.64. The lowest BCUT2D eigenvalue weighted by atomic mass is 10.3. The summed E-state index contributed by atoms with van der Waals surface area (Å²) in [6.45, 7) is 5.79. The van der Waals surface area contributed by atoms with Gasteiger partial charge in [0.15, 0.2) is 11.5 Å². The molecule has 112 valence electrons. The van der Waals surface area contributed by atoms with Gasteiger partial charge in [0.05, 0.1) is 24.2 Å². The highest BCUT2D eigenvalue weighted by atomic mass is 16.7. The predicted octanol–water partition coefficient (Wildman–Crippen LogP) is 1.04. The van der Waals surface area contributed by atoms with Gasteiger partial charge in [-0.2, -0.15) is 0 Å². The lowest BCUT2D eigenvalue weighted by Crippen LogP contribution is -2.39. The summed E-state index contributed by atoms with van der Waals surface area (Å²) < 4.78 is 16.1. The largest absolute Gasteiger partial charge is 0.454 e. The van der Waals surface area contributed by atoms with Crippen LogP contribution in [0.5, 0.6) is 11.5 Å². The van der Waals surface area contributed by atoms with Gasteiger partial charge in [-0.25, -0.2) is 4.98 Å². The van der Waals surface area contributed by atoms with E-state index in [1.54, 1.807) is 0 Å². The third-order valence-corrected chi connectivity index (χ3v) is 3.80. The molecule has 0 atom stereocenters. The van der Waals surface area contributed by atoms with Gasteiger partial charge in [0.25, 0.3) is 0 Å². The number of hydrogen-bond acceptors (Lipinski definition) is 6. The molecule has 7 nitrogen and oxygen atoms in total. The van der Waals surface area contributed by atoms with Crippen LogP contribution in [0.2, 0.25) is 0 Å². The summed E-state index contributed by atoms with van der Waals surface area (Å²) in [6, 6.07) is 3.83. The standard InChI is InChI=1S/C14H18N4O3/c1(2-18-3-5-19-6-4-18)15-14-16-10-7-12-13(21-9-20-12)8-11(10)17-14/h7-8H,1-6,9H2,(H2,15,16,17). The van der Waals surface area contributed by atoms with Crippen molar-refractivity contribution >= 4 is 17.0 Å². The zero-order valence-corrected chi connectivity index (χ0v) is 11.7. The first-order valence-electron chi connectivity index (χ1n) is 7.22. The number of fused-ring (bicyclic) bond motifs is 2. The van der Waals surface area contributed by atoms with Crippen molar-refractivity contribution in [2.75, 3.05) is 51.5 Å². The molecule has 1 aromatic heterocycles. The fourth-order valence-corrected chi connectivity index (χ4v) is 2.64. The van der Waals surface area contributed by atoms with E-state index in [0.717, 1.165) is 67.9 Å². The van der Waals surface area contributed by atoms with E-state index in [1.807, 2.05) is 12.1 Å². The van der Waals surface area contributed by atoms with Crippen LogP contribution in [0, 0.1) is 0 Å². The van der Waals surface area contributed by atoms with Crippen molar-refractivity contribution < 1.29 is 14.2 Å². The number of morpholine rings is 1. The summed E-state index contributed by atoms with van der Waals surface area (Å²) in [6.07, 6.45) is 0. The number of aromatic nitrogens is 2. The number of H-pyrrole nitrogens is 1. The number of imidazole rings is 1. The van der Waals surface area contributed by atoms with Crippen molar-refractivity contribution in [1.82, 2.24) is 14.9 Å². The van der Waals surface area contributed by atoms with E-state index in [2.05, 4.69) is 20.2 Å².